The van der Waals surface area contributed by atoms with Crippen molar-refractivity contribution < 1.29 is 4.79 Å². The van der Waals surface area contributed by atoms with Gasteiger partial charge in [-0.3, -0.25) is 9.78 Å². The molecule has 0 aliphatic carbocycles. The molecule has 0 spiro atoms. The molecule has 94 valence electrons. The van der Waals surface area contributed by atoms with Crippen molar-refractivity contribution >= 4 is 11.6 Å². The summed E-state index contributed by atoms with van der Waals surface area (Å²) in [6.07, 6.45) is 4.08. The third-order valence-corrected chi connectivity index (χ3v) is 2.93. The van der Waals surface area contributed by atoms with E-state index in [4.69, 9.17) is 5.73 Å². The minimum atomic E-state index is 0.0224. The summed E-state index contributed by atoms with van der Waals surface area (Å²) in [6, 6.07) is 3.54. The molecular weight excluding hydrogens is 214 g/mol. The highest BCUT2D eigenvalue weighted by molar-refractivity contribution is 5.78. The van der Waals surface area contributed by atoms with Gasteiger partial charge >= 0.3 is 0 Å². The number of hydrogen-bond donors (Lipinski definition) is 2. The summed E-state index contributed by atoms with van der Waals surface area (Å²) in [4.78, 5) is 15.8. The number of rotatable bonds is 6. The number of carbonyl (C=O) groups is 1. The zero-order chi connectivity index (χ0) is 12.7. The first kappa shape index (κ1) is 13.5. The van der Waals surface area contributed by atoms with Crippen LogP contribution in [0.2, 0.25) is 0 Å². The van der Waals surface area contributed by atoms with Gasteiger partial charge in [0.2, 0.25) is 5.91 Å². The minimum absolute atomic E-state index is 0.0224. The molecule has 1 heterocycles. The van der Waals surface area contributed by atoms with Crippen LogP contribution in [0.5, 0.6) is 0 Å². The first-order chi connectivity index (χ1) is 8.15. The van der Waals surface area contributed by atoms with Crippen molar-refractivity contribution in [1.29, 1.82) is 0 Å². The molecule has 1 aromatic rings. The molecule has 0 bridgehead atoms. The van der Waals surface area contributed by atoms with Gasteiger partial charge < -0.3 is 11.1 Å². The molecular formula is C13H21N3O. The lowest BCUT2D eigenvalue weighted by atomic mass is 10.0. The van der Waals surface area contributed by atoms with Crippen molar-refractivity contribution in [3.05, 3.63) is 24.0 Å². The lowest BCUT2D eigenvalue weighted by Crippen LogP contribution is -2.30. The van der Waals surface area contributed by atoms with E-state index in [1.807, 2.05) is 0 Å². The third-order valence-electron chi connectivity index (χ3n) is 2.93. The molecule has 1 rings (SSSR count). The number of pyridine rings is 1. The summed E-state index contributed by atoms with van der Waals surface area (Å²) in [6.45, 7) is 5.03. The number of nitrogens with two attached hydrogens (primary N) is 1. The van der Waals surface area contributed by atoms with Crippen LogP contribution in [0.25, 0.3) is 0 Å². The van der Waals surface area contributed by atoms with Crippen molar-refractivity contribution in [2.75, 3.05) is 12.3 Å². The minimum Gasteiger partial charge on any atom is -0.397 e. The highest BCUT2D eigenvalue weighted by atomic mass is 16.1. The van der Waals surface area contributed by atoms with Crippen molar-refractivity contribution in [1.82, 2.24) is 10.3 Å². The molecule has 0 atom stereocenters. The Bertz CT molecular complexity index is 344. The largest absolute Gasteiger partial charge is 0.397 e. The molecule has 0 fully saturated rings. The van der Waals surface area contributed by atoms with Crippen LogP contribution in [-0.2, 0) is 11.2 Å². The Kier molecular flexibility index (Phi) is 5.46. The second-order valence-corrected chi connectivity index (χ2v) is 4.25. The molecule has 3 N–H and O–H groups in total. The molecule has 4 nitrogen and oxygen atoms in total. The lowest BCUT2D eigenvalue weighted by Gasteiger charge is -2.13. The van der Waals surface area contributed by atoms with Gasteiger partial charge in [-0.2, -0.15) is 0 Å². The van der Waals surface area contributed by atoms with E-state index in [-0.39, 0.29) is 5.91 Å². The van der Waals surface area contributed by atoms with Crippen LogP contribution < -0.4 is 11.1 Å². The third kappa shape index (κ3) is 4.85. The summed E-state index contributed by atoms with van der Waals surface area (Å²) in [5, 5.41) is 2.94. The van der Waals surface area contributed by atoms with Crippen molar-refractivity contribution in [2.45, 2.75) is 33.1 Å². The van der Waals surface area contributed by atoms with Crippen LogP contribution in [0.15, 0.2) is 18.3 Å². The normalized spacial score (nSPS) is 10.5. The van der Waals surface area contributed by atoms with Crippen LogP contribution in [0.1, 0.15) is 32.4 Å². The number of amides is 1. The van der Waals surface area contributed by atoms with E-state index in [1.54, 1.807) is 18.3 Å². The van der Waals surface area contributed by atoms with E-state index < -0.39 is 0 Å². The Morgan fingerprint density at radius 1 is 1.41 bits per heavy atom. The van der Waals surface area contributed by atoms with Crippen LogP contribution in [0.4, 0.5) is 5.69 Å². The van der Waals surface area contributed by atoms with Gasteiger partial charge in [-0.05, 0) is 18.1 Å². The molecule has 1 aromatic heterocycles. The first-order valence-corrected chi connectivity index (χ1v) is 6.12. The van der Waals surface area contributed by atoms with Crippen molar-refractivity contribution in [2.24, 2.45) is 5.92 Å². The Morgan fingerprint density at radius 3 is 2.65 bits per heavy atom. The second-order valence-electron chi connectivity index (χ2n) is 4.25. The van der Waals surface area contributed by atoms with Crippen LogP contribution >= 0.6 is 0 Å². The number of nitrogens with zero attached hydrogens (tertiary/aromatic N) is 1. The number of nitrogen functional groups attached to an aromatic ring is 1. The van der Waals surface area contributed by atoms with E-state index in [1.165, 1.54) is 0 Å². The Labute approximate surface area is 103 Å². The molecule has 0 aliphatic heterocycles. The zero-order valence-corrected chi connectivity index (χ0v) is 10.6. The summed E-state index contributed by atoms with van der Waals surface area (Å²) in [5.74, 6) is 0.590. The molecule has 17 heavy (non-hydrogen) atoms. The number of nitrogens with one attached hydrogen (secondary N) is 1. The number of carbonyl (C=O) groups excluding carboxylic acids is 1. The monoisotopic (exact) mass is 235 g/mol. The van der Waals surface area contributed by atoms with E-state index in [9.17, 15) is 4.79 Å². The van der Waals surface area contributed by atoms with Gasteiger partial charge in [0.1, 0.15) is 0 Å². The van der Waals surface area contributed by atoms with Gasteiger partial charge in [0.05, 0.1) is 18.3 Å². The number of aromatic nitrogens is 1. The summed E-state index contributed by atoms with van der Waals surface area (Å²) in [5.41, 5.74) is 6.90. The highest BCUT2D eigenvalue weighted by Gasteiger charge is 2.07. The fourth-order valence-corrected chi connectivity index (χ4v) is 1.60. The second kappa shape index (κ2) is 6.89. The van der Waals surface area contributed by atoms with E-state index in [2.05, 4.69) is 24.1 Å². The first-order valence-electron chi connectivity index (χ1n) is 6.12. The topological polar surface area (TPSA) is 68.0 Å². The van der Waals surface area contributed by atoms with E-state index in [0.29, 0.717) is 18.0 Å². The Hall–Kier alpha value is -1.58. The predicted molar refractivity (Wildman–Crippen MR) is 69.4 cm³/mol. The maximum Gasteiger partial charge on any atom is 0.226 e. The molecule has 0 radical (unpaired) electrons. The molecule has 0 aromatic carbocycles. The Balaban J connectivity index is 2.37. The average Bonchev–Trinajstić information content (AvgIpc) is 2.33. The van der Waals surface area contributed by atoms with Crippen molar-refractivity contribution in [3.63, 3.8) is 0 Å². The van der Waals surface area contributed by atoms with Gasteiger partial charge in [-0.1, -0.05) is 26.7 Å². The zero-order valence-electron chi connectivity index (χ0n) is 10.6. The summed E-state index contributed by atoms with van der Waals surface area (Å²) >= 11 is 0. The van der Waals surface area contributed by atoms with Crippen LogP contribution in [0.3, 0.4) is 0 Å². The van der Waals surface area contributed by atoms with Gasteiger partial charge in [-0.15, -0.1) is 0 Å². The van der Waals surface area contributed by atoms with Gasteiger partial charge in [0.15, 0.2) is 0 Å². The fourth-order valence-electron chi connectivity index (χ4n) is 1.60. The lowest BCUT2D eigenvalue weighted by molar-refractivity contribution is -0.120. The Morgan fingerprint density at radius 2 is 2.12 bits per heavy atom. The maximum atomic E-state index is 11.7. The van der Waals surface area contributed by atoms with Crippen LogP contribution in [0, 0.1) is 5.92 Å². The molecule has 0 unspecified atom stereocenters. The average molecular weight is 235 g/mol. The smallest absolute Gasteiger partial charge is 0.226 e. The quantitative estimate of drug-likeness (QED) is 0.789. The standard InChI is InChI=1S/C13H21N3O/c1-3-10(4-2)8-16-13(17)7-12-6-5-11(14)9-15-12/h5-6,9-10H,3-4,7-8,14H2,1-2H3,(H,16,17). The van der Waals surface area contributed by atoms with Gasteiger partial charge in [0.25, 0.3) is 0 Å². The number of anilines is 1. The van der Waals surface area contributed by atoms with Gasteiger partial charge in [0, 0.05) is 12.2 Å². The predicted octanol–water partition coefficient (Wildman–Crippen LogP) is 1.76. The number of hydrogen-bond acceptors (Lipinski definition) is 3. The van der Waals surface area contributed by atoms with Crippen LogP contribution in [-0.4, -0.2) is 17.4 Å². The molecule has 0 aliphatic rings. The SMILES string of the molecule is CCC(CC)CNC(=O)Cc1ccc(N)cn1. The van der Waals surface area contributed by atoms with Crippen molar-refractivity contribution in [3.8, 4) is 0 Å². The highest BCUT2D eigenvalue weighted by Crippen LogP contribution is 2.06. The maximum absolute atomic E-state index is 11.7. The molecule has 0 saturated carbocycles. The summed E-state index contributed by atoms with van der Waals surface area (Å²) in [7, 11) is 0. The van der Waals surface area contributed by atoms with Gasteiger partial charge in [-0.25, -0.2) is 0 Å². The molecule has 1 amide bonds. The van der Waals surface area contributed by atoms with E-state index >= 15 is 0 Å². The molecule has 4 heteroatoms. The fraction of sp³-hybridized carbons (Fsp3) is 0.538. The molecule has 0 saturated heterocycles. The van der Waals surface area contributed by atoms with E-state index in [0.717, 1.165) is 25.1 Å². The summed E-state index contributed by atoms with van der Waals surface area (Å²) < 4.78 is 0.